The van der Waals surface area contributed by atoms with E-state index in [2.05, 4.69) is 38.4 Å². The van der Waals surface area contributed by atoms with E-state index in [1.807, 2.05) is 6.07 Å². The molecule has 1 aromatic carbocycles. The Hall–Kier alpha value is -1.57. The second-order valence-electron chi connectivity index (χ2n) is 6.37. The number of fused-ring (bicyclic) bond motifs is 2. The van der Waals surface area contributed by atoms with Gasteiger partial charge in [0.2, 0.25) is 5.13 Å². The van der Waals surface area contributed by atoms with Crippen LogP contribution in [0.2, 0.25) is 0 Å². The molecule has 3 aliphatic rings. The molecular weight excluding hydrogens is 310 g/mol. The summed E-state index contributed by atoms with van der Waals surface area (Å²) in [5.41, 5.74) is 0.916. The lowest BCUT2D eigenvalue weighted by atomic mass is 10.0. The Balaban J connectivity index is 1.58. The van der Waals surface area contributed by atoms with Crippen molar-refractivity contribution in [2.75, 3.05) is 31.3 Å². The fourth-order valence-corrected chi connectivity index (χ4v) is 5.14. The number of ether oxygens (including phenoxy) is 1. The molecule has 1 saturated carbocycles. The predicted molar refractivity (Wildman–Crippen MR) is 89.7 cm³/mol. The summed E-state index contributed by atoms with van der Waals surface area (Å²) in [5, 5.41) is 12.2. The Morgan fingerprint density at radius 3 is 2.96 bits per heavy atom. The van der Waals surface area contributed by atoms with Gasteiger partial charge in [-0.1, -0.05) is 28.7 Å². The highest BCUT2D eigenvalue weighted by Crippen LogP contribution is 2.48. The molecule has 0 amide bonds. The largest absolute Gasteiger partial charge is 0.379 e. The van der Waals surface area contributed by atoms with Crippen LogP contribution in [0, 0.1) is 0 Å². The minimum atomic E-state index is -0.127. The molecule has 120 valence electrons. The van der Waals surface area contributed by atoms with Crippen molar-refractivity contribution in [3.63, 3.8) is 0 Å². The van der Waals surface area contributed by atoms with Crippen molar-refractivity contribution in [1.29, 1.82) is 0 Å². The van der Waals surface area contributed by atoms with Crippen molar-refractivity contribution in [1.82, 2.24) is 9.88 Å². The number of nitrogens with zero attached hydrogens (tertiary/aromatic N) is 5. The number of benzene rings is 1. The zero-order valence-corrected chi connectivity index (χ0v) is 13.7. The van der Waals surface area contributed by atoms with Crippen molar-refractivity contribution in [3.8, 4) is 0 Å². The summed E-state index contributed by atoms with van der Waals surface area (Å²) in [7, 11) is 0. The summed E-state index contributed by atoms with van der Waals surface area (Å²) in [4.78, 5) is 7.36. The van der Waals surface area contributed by atoms with E-state index in [0.717, 1.165) is 49.8 Å². The molecule has 7 heteroatoms. The topological polar surface area (TPSA) is 53.3 Å². The second-order valence-corrected chi connectivity index (χ2v) is 7.38. The quantitative estimate of drug-likeness (QED) is 0.850. The van der Waals surface area contributed by atoms with Crippen LogP contribution in [0.3, 0.4) is 0 Å². The first kappa shape index (κ1) is 13.8. The van der Waals surface area contributed by atoms with Crippen LogP contribution in [0.4, 0.5) is 5.13 Å². The third kappa shape index (κ3) is 1.96. The maximum atomic E-state index is 5.56. The third-order valence-electron chi connectivity index (χ3n) is 5.23. The predicted octanol–water partition coefficient (Wildman–Crippen LogP) is 3.06. The Morgan fingerprint density at radius 1 is 1.22 bits per heavy atom. The van der Waals surface area contributed by atoms with E-state index >= 15 is 0 Å². The maximum absolute atomic E-state index is 5.56. The average Bonchev–Trinajstić information content (AvgIpc) is 3.28. The normalized spacial score (nSPS) is 31.1. The van der Waals surface area contributed by atoms with Crippen LogP contribution in [0.5, 0.6) is 0 Å². The van der Waals surface area contributed by atoms with Crippen LogP contribution >= 0.6 is 11.3 Å². The van der Waals surface area contributed by atoms with Gasteiger partial charge in [-0.2, -0.15) is 10.1 Å². The lowest BCUT2D eigenvalue weighted by Gasteiger charge is -2.45. The van der Waals surface area contributed by atoms with Gasteiger partial charge in [0.25, 0.3) is 0 Å². The van der Waals surface area contributed by atoms with E-state index in [0.29, 0.717) is 0 Å². The van der Waals surface area contributed by atoms with Gasteiger partial charge in [-0.3, -0.25) is 4.90 Å². The third-order valence-corrected chi connectivity index (χ3v) is 6.24. The number of thiazole rings is 1. The molecule has 1 aliphatic carbocycles. The summed E-state index contributed by atoms with van der Waals surface area (Å²) in [6, 6.07) is 8.54. The summed E-state index contributed by atoms with van der Waals surface area (Å²) < 4.78 is 6.76. The van der Waals surface area contributed by atoms with E-state index in [4.69, 9.17) is 9.72 Å². The minimum absolute atomic E-state index is 0.127. The van der Waals surface area contributed by atoms with Crippen LogP contribution in [-0.2, 0) is 4.74 Å². The van der Waals surface area contributed by atoms with E-state index in [1.54, 1.807) is 11.3 Å². The van der Waals surface area contributed by atoms with Crippen molar-refractivity contribution in [3.05, 3.63) is 24.3 Å². The van der Waals surface area contributed by atoms with Crippen molar-refractivity contribution < 1.29 is 4.74 Å². The molecule has 0 N–H and O–H groups in total. The average molecular weight is 329 g/mol. The van der Waals surface area contributed by atoms with Crippen LogP contribution in [-0.4, -0.2) is 47.9 Å². The molecule has 2 fully saturated rings. The Kier molecular flexibility index (Phi) is 3.14. The first-order valence-corrected chi connectivity index (χ1v) is 9.09. The molecule has 23 heavy (non-hydrogen) atoms. The standard InChI is InChI=1S/C16H19N5OS/c1-2-5-13-12(4-1)17-15(23-13)21-16(20-8-10-22-11-9-20)7-3-6-14(16)18-19-21/h1-2,4-5,14H,3,6-11H2. The number of hydrogen-bond donors (Lipinski definition) is 0. The van der Waals surface area contributed by atoms with Gasteiger partial charge in [0.05, 0.1) is 23.4 Å². The van der Waals surface area contributed by atoms with Gasteiger partial charge in [0.1, 0.15) is 11.7 Å². The van der Waals surface area contributed by atoms with E-state index in [1.165, 1.54) is 11.1 Å². The van der Waals surface area contributed by atoms with Crippen LogP contribution in [0.1, 0.15) is 19.3 Å². The maximum Gasteiger partial charge on any atom is 0.210 e. The van der Waals surface area contributed by atoms with Crippen LogP contribution < -0.4 is 5.01 Å². The van der Waals surface area contributed by atoms with E-state index < -0.39 is 0 Å². The zero-order valence-electron chi connectivity index (χ0n) is 12.9. The lowest BCUT2D eigenvalue weighted by molar-refractivity contribution is -0.0214. The van der Waals surface area contributed by atoms with Crippen molar-refractivity contribution in [2.45, 2.75) is 31.0 Å². The molecule has 2 atom stereocenters. The molecule has 0 bridgehead atoms. The smallest absolute Gasteiger partial charge is 0.210 e. The Bertz CT molecular complexity index is 723. The molecule has 1 saturated heterocycles. The fourth-order valence-electron chi connectivity index (χ4n) is 4.15. The second kappa shape index (κ2) is 5.22. The van der Waals surface area contributed by atoms with E-state index in [9.17, 15) is 0 Å². The highest BCUT2D eigenvalue weighted by molar-refractivity contribution is 7.22. The first-order chi connectivity index (χ1) is 11.4. The zero-order chi connectivity index (χ0) is 15.3. The number of anilines is 1. The number of hydrogen-bond acceptors (Lipinski definition) is 7. The highest BCUT2D eigenvalue weighted by atomic mass is 32.1. The van der Waals surface area contributed by atoms with Gasteiger partial charge in [-0.05, 0) is 31.4 Å². The molecule has 5 rings (SSSR count). The monoisotopic (exact) mass is 329 g/mol. The van der Waals surface area contributed by atoms with Crippen LogP contribution in [0.25, 0.3) is 10.2 Å². The summed E-state index contributed by atoms with van der Waals surface area (Å²) in [6.45, 7) is 3.48. The number of morpholine rings is 1. The SMILES string of the molecule is c1ccc2sc(N3N=NC4CCCC43N3CCOCC3)nc2c1. The van der Waals surface area contributed by atoms with Crippen LogP contribution in [0.15, 0.2) is 34.6 Å². The van der Waals surface area contributed by atoms with Crippen molar-refractivity contribution >= 4 is 26.7 Å². The molecule has 2 unspecified atom stereocenters. The first-order valence-electron chi connectivity index (χ1n) is 8.27. The van der Waals surface area contributed by atoms with Gasteiger partial charge < -0.3 is 4.74 Å². The molecule has 0 radical (unpaired) electrons. The molecule has 2 aliphatic heterocycles. The van der Waals surface area contributed by atoms with Gasteiger partial charge >= 0.3 is 0 Å². The molecule has 2 aromatic rings. The summed E-state index contributed by atoms with van der Waals surface area (Å²) >= 11 is 1.71. The molecule has 3 heterocycles. The van der Waals surface area contributed by atoms with Crippen molar-refractivity contribution in [2.24, 2.45) is 10.3 Å². The molecular formula is C16H19N5OS. The molecule has 0 spiro atoms. The van der Waals surface area contributed by atoms with Gasteiger partial charge in [0.15, 0.2) is 0 Å². The molecule has 6 nitrogen and oxygen atoms in total. The van der Waals surface area contributed by atoms with Gasteiger partial charge in [-0.15, -0.1) is 0 Å². The lowest BCUT2D eigenvalue weighted by Crippen LogP contribution is -2.63. The number of rotatable bonds is 2. The Morgan fingerprint density at radius 2 is 2.09 bits per heavy atom. The highest BCUT2D eigenvalue weighted by Gasteiger charge is 2.57. The van der Waals surface area contributed by atoms with Gasteiger partial charge in [0, 0.05) is 13.1 Å². The summed E-state index contributed by atoms with van der Waals surface area (Å²) in [5.74, 6) is 0. The van der Waals surface area contributed by atoms with E-state index in [-0.39, 0.29) is 11.7 Å². The fraction of sp³-hybridized carbons (Fsp3) is 0.562. The molecule has 1 aromatic heterocycles. The minimum Gasteiger partial charge on any atom is -0.379 e. The van der Waals surface area contributed by atoms with Gasteiger partial charge in [-0.25, -0.2) is 4.98 Å². The number of aromatic nitrogens is 1. The summed E-state index contributed by atoms with van der Waals surface area (Å²) in [6.07, 6.45) is 3.41. The Labute approximate surface area is 138 Å². The number of para-hydroxylation sites is 1.